The fourth-order valence-electron chi connectivity index (χ4n) is 1.69. The molecule has 0 saturated carbocycles. The van der Waals surface area contributed by atoms with Gasteiger partial charge < -0.3 is 10.6 Å². The molecule has 2 rings (SSSR count). The van der Waals surface area contributed by atoms with Gasteiger partial charge in [0.25, 0.3) is 5.91 Å². The van der Waals surface area contributed by atoms with Crippen LogP contribution in [0.25, 0.3) is 0 Å². The Morgan fingerprint density at radius 2 is 1.89 bits per heavy atom. The smallest absolute Gasteiger partial charge is 0.259 e. The van der Waals surface area contributed by atoms with Crippen molar-refractivity contribution >= 4 is 49.1 Å². The van der Waals surface area contributed by atoms with Crippen LogP contribution in [-0.4, -0.2) is 13.0 Å². The van der Waals surface area contributed by atoms with Crippen LogP contribution in [0, 0.1) is 0 Å². The highest BCUT2D eigenvalue weighted by Crippen LogP contribution is 2.25. The minimum absolute atomic E-state index is 0.0926. The average Bonchev–Trinajstić information content (AvgIpc) is 2.37. The van der Waals surface area contributed by atoms with Crippen LogP contribution in [0.15, 0.2) is 51.4 Å². The zero-order valence-corrected chi connectivity index (χ0v) is 13.4. The molecule has 0 spiro atoms. The molecule has 0 radical (unpaired) electrons. The Kier molecular flexibility index (Phi) is 4.27. The van der Waals surface area contributed by atoms with Gasteiger partial charge in [-0.25, -0.2) is 0 Å². The van der Waals surface area contributed by atoms with Crippen LogP contribution in [0.3, 0.4) is 0 Å². The second-order valence-corrected chi connectivity index (χ2v) is 5.85. The number of nitrogens with zero attached hydrogens (tertiary/aromatic N) is 1. The van der Waals surface area contributed by atoms with Gasteiger partial charge >= 0.3 is 0 Å². The Labute approximate surface area is 128 Å². The maximum Gasteiger partial charge on any atom is 0.259 e. The predicted octanol–water partition coefficient (Wildman–Crippen LogP) is 4.07. The average molecular weight is 384 g/mol. The quantitative estimate of drug-likeness (QED) is 0.794. The zero-order valence-electron chi connectivity index (χ0n) is 10.2. The van der Waals surface area contributed by atoms with Crippen LogP contribution in [-0.2, 0) is 0 Å². The highest BCUT2D eigenvalue weighted by atomic mass is 79.9. The number of hydrogen-bond donors (Lipinski definition) is 1. The van der Waals surface area contributed by atoms with E-state index in [1.807, 2.05) is 24.3 Å². The van der Waals surface area contributed by atoms with Gasteiger partial charge in [-0.2, -0.15) is 0 Å². The van der Waals surface area contributed by atoms with Crippen molar-refractivity contribution < 1.29 is 4.79 Å². The Hall–Kier alpha value is -1.33. The zero-order chi connectivity index (χ0) is 14.0. The molecule has 2 aromatic carbocycles. The third kappa shape index (κ3) is 3.16. The van der Waals surface area contributed by atoms with Gasteiger partial charge in [0.1, 0.15) is 0 Å². The van der Waals surface area contributed by atoms with E-state index >= 15 is 0 Å². The van der Waals surface area contributed by atoms with E-state index in [1.54, 1.807) is 30.1 Å². The molecule has 2 aromatic rings. The molecule has 0 bridgehead atoms. The number of anilines is 2. The molecule has 98 valence electrons. The normalized spacial score (nSPS) is 10.3. The predicted molar refractivity (Wildman–Crippen MR) is 85.4 cm³/mol. The van der Waals surface area contributed by atoms with Gasteiger partial charge in [0, 0.05) is 27.4 Å². The van der Waals surface area contributed by atoms with Crippen molar-refractivity contribution in [1.29, 1.82) is 0 Å². The number of nitrogen functional groups attached to an aromatic ring is 1. The largest absolute Gasteiger partial charge is 0.399 e. The van der Waals surface area contributed by atoms with Gasteiger partial charge in [-0.1, -0.05) is 22.0 Å². The summed E-state index contributed by atoms with van der Waals surface area (Å²) >= 11 is 6.77. The van der Waals surface area contributed by atoms with Gasteiger partial charge in [-0.3, -0.25) is 4.79 Å². The molecule has 2 N–H and O–H groups in total. The van der Waals surface area contributed by atoms with Crippen LogP contribution in [0.2, 0.25) is 0 Å². The maximum absolute atomic E-state index is 12.4. The van der Waals surface area contributed by atoms with E-state index in [4.69, 9.17) is 5.73 Å². The number of amides is 1. The molecular weight excluding hydrogens is 372 g/mol. The summed E-state index contributed by atoms with van der Waals surface area (Å²) in [6, 6.07) is 12.7. The lowest BCUT2D eigenvalue weighted by Gasteiger charge is -2.18. The summed E-state index contributed by atoms with van der Waals surface area (Å²) in [6.07, 6.45) is 0. The summed E-state index contributed by atoms with van der Waals surface area (Å²) in [5.41, 5.74) is 7.73. The second kappa shape index (κ2) is 5.75. The van der Waals surface area contributed by atoms with Gasteiger partial charge in [-0.05, 0) is 52.3 Å². The molecule has 0 fully saturated rings. The minimum Gasteiger partial charge on any atom is -0.399 e. The van der Waals surface area contributed by atoms with Gasteiger partial charge in [0.2, 0.25) is 0 Å². The Morgan fingerprint density at radius 1 is 1.16 bits per heavy atom. The molecule has 0 aliphatic heterocycles. The lowest BCUT2D eigenvalue weighted by atomic mass is 10.2. The van der Waals surface area contributed by atoms with Crippen molar-refractivity contribution in [2.24, 2.45) is 0 Å². The van der Waals surface area contributed by atoms with Gasteiger partial charge in [0.05, 0.1) is 5.56 Å². The van der Waals surface area contributed by atoms with Crippen LogP contribution in [0.4, 0.5) is 11.4 Å². The van der Waals surface area contributed by atoms with Crippen LogP contribution >= 0.6 is 31.9 Å². The molecule has 0 aliphatic carbocycles. The first-order valence-corrected chi connectivity index (χ1v) is 7.16. The lowest BCUT2D eigenvalue weighted by molar-refractivity contribution is 0.0992. The Bertz CT molecular complexity index is 629. The first kappa shape index (κ1) is 14.1. The Balaban J connectivity index is 2.33. The monoisotopic (exact) mass is 382 g/mol. The third-order valence-corrected chi connectivity index (χ3v) is 3.87. The number of benzene rings is 2. The number of hydrogen-bond acceptors (Lipinski definition) is 2. The van der Waals surface area contributed by atoms with E-state index in [1.165, 1.54) is 0 Å². The molecule has 0 aliphatic rings. The molecule has 0 saturated heterocycles. The van der Waals surface area contributed by atoms with Crippen molar-refractivity contribution in [2.45, 2.75) is 0 Å². The summed E-state index contributed by atoms with van der Waals surface area (Å²) in [4.78, 5) is 14.0. The Morgan fingerprint density at radius 3 is 2.53 bits per heavy atom. The van der Waals surface area contributed by atoms with E-state index in [2.05, 4.69) is 31.9 Å². The molecule has 0 unspecified atom stereocenters. The lowest BCUT2D eigenvalue weighted by Crippen LogP contribution is -2.26. The summed E-state index contributed by atoms with van der Waals surface area (Å²) < 4.78 is 1.67. The summed E-state index contributed by atoms with van der Waals surface area (Å²) in [5, 5.41) is 0. The molecule has 1 amide bonds. The summed E-state index contributed by atoms with van der Waals surface area (Å²) in [7, 11) is 1.73. The number of carbonyl (C=O) groups is 1. The van der Waals surface area contributed by atoms with Crippen molar-refractivity contribution in [2.75, 3.05) is 17.7 Å². The number of halogens is 2. The fourth-order valence-corrected chi connectivity index (χ4v) is 2.91. The molecule has 5 heteroatoms. The maximum atomic E-state index is 12.4. The highest BCUT2D eigenvalue weighted by molar-refractivity contribution is 9.11. The first-order chi connectivity index (χ1) is 8.99. The van der Waals surface area contributed by atoms with Crippen molar-refractivity contribution in [1.82, 2.24) is 0 Å². The highest BCUT2D eigenvalue weighted by Gasteiger charge is 2.16. The molecule has 19 heavy (non-hydrogen) atoms. The molecule has 0 atom stereocenters. The van der Waals surface area contributed by atoms with Crippen molar-refractivity contribution in [3.63, 3.8) is 0 Å². The second-order valence-electron chi connectivity index (χ2n) is 4.08. The fraction of sp³-hybridized carbons (Fsp3) is 0.0714. The molecule has 0 aromatic heterocycles. The SMILES string of the molecule is CN(C(=O)c1ccc(Br)cc1Br)c1cccc(N)c1. The molecule has 0 heterocycles. The number of rotatable bonds is 2. The third-order valence-electron chi connectivity index (χ3n) is 2.72. The van der Waals surface area contributed by atoms with Crippen LogP contribution < -0.4 is 10.6 Å². The van der Waals surface area contributed by atoms with Crippen LogP contribution in [0.5, 0.6) is 0 Å². The van der Waals surface area contributed by atoms with E-state index in [-0.39, 0.29) is 5.91 Å². The van der Waals surface area contributed by atoms with Gasteiger partial charge in [-0.15, -0.1) is 0 Å². The number of carbonyl (C=O) groups excluding carboxylic acids is 1. The summed E-state index contributed by atoms with van der Waals surface area (Å²) in [5.74, 6) is -0.0926. The molecular formula is C14H12Br2N2O. The van der Waals surface area contributed by atoms with E-state index < -0.39 is 0 Å². The summed E-state index contributed by atoms with van der Waals surface area (Å²) in [6.45, 7) is 0. The topological polar surface area (TPSA) is 46.3 Å². The van der Waals surface area contributed by atoms with Crippen molar-refractivity contribution in [3.05, 3.63) is 57.0 Å². The van der Waals surface area contributed by atoms with E-state index in [0.29, 0.717) is 11.3 Å². The molecule has 3 nitrogen and oxygen atoms in total. The first-order valence-electron chi connectivity index (χ1n) is 5.57. The van der Waals surface area contributed by atoms with E-state index in [9.17, 15) is 4.79 Å². The van der Waals surface area contributed by atoms with Gasteiger partial charge in [0.15, 0.2) is 0 Å². The number of nitrogens with two attached hydrogens (primary N) is 1. The van der Waals surface area contributed by atoms with Crippen LogP contribution in [0.1, 0.15) is 10.4 Å². The van der Waals surface area contributed by atoms with Crippen molar-refractivity contribution in [3.8, 4) is 0 Å². The minimum atomic E-state index is -0.0926. The standard InChI is InChI=1S/C14H12Br2N2O/c1-18(11-4-2-3-10(17)8-11)14(19)12-6-5-9(15)7-13(12)16/h2-8H,17H2,1H3. The van der Waals surface area contributed by atoms with E-state index in [0.717, 1.165) is 14.6 Å².